The van der Waals surface area contributed by atoms with E-state index in [1.165, 1.54) is 0 Å². The second kappa shape index (κ2) is 5.23. The Labute approximate surface area is 127 Å². The first-order valence-electron chi connectivity index (χ1n) is 5.88. The summed E-state index contributed by atoms with van der Waals surface area (Å²) < 4.78 is 7.81. The van der Waals surface area contributed by atoms with Crippen molar-refractivity contribution in [2.24, 2.45) is 0 Å². The third-order valence-electron chi connectivity index (χ3n) is 3.14. The van der Waals surface area contributed by atoms with E-state index in [0.29, 0.717) is 6.42 Å². The lowest BCUT2D eigenvalue weighted by Crippen LogP contribution is -2.19. The lowest BCUT2D eigenvalue weighted by molar-refractivity contribution is 0.0655. The molecule has 19 heavy (non-hydrogen) atoms. The molecule has 0 radical (unpaired) electrons. The fourth-order valence-electron chi connectivity index (χ4n) is 2.23. The second-order valence-corrected chi connectivity index (χ2v) is 6.31. The van der Waals surface area contributed by atoms with Crippen LogP contribution in [0.15, 0.2) is 45.6 Å². The summed E-state index contributed by atoms with van der Waals surface area (Å²) in [7, 11) is 0. The molecule has 0 fully saturated rings. The van der Waals surface area contributed by atoms with E-state index in [1.54, 1.807) is 12.4 Å². The van der Waals surface area contributed by atoms with Gasteiger partial charge in [0.1, 0.15) is 11.9 Å². The third kappa shape index (κ3) is 2.68. The smallest absolute Gasteiger partial charge is 0.128 e. The molecule has 0 saturated carbocycles. The van der Waals surface area contributed by atoms with Gasteiger partial charge in [-0.25, -0.2) is 0 Å². The topological polar surface area (TPSA) is 42.4 Å². The van der Waals surface area contributed by atoms with E-state index in [4.69, 9.17) is 4.74 Å². The van der Waals surface area contributed by atoms with Crippen molar-refractivity contribution >= 4 is 31.9 Å². The van der Waals surface area contributed by atoms with Gasteiger partial charge in [0.05, 0.1) is 6.10 Å². The Kier molecular flexibility index (Phi) is 3.60. The Bertz CT molecular complexity index is 618. The van der Waals surface area contributed by atoms with Crippen LogP contribution >= 0.6 is 31.9 Å². The molecule has 1 unspecified atom stereocenters. The first-order chi connectivity index (χ1) is 9.13. The summed E-state index contributed by atoms with van der Waals surface area (Å²) in [6, 6.07) is 7.65. The summed E-state index contributed by atoms with van der Waals surface area (Å²) in [5, 5.41) is 10.3. The standard InChI is InChI=1S/C14H11Br2NO2/c15-9-1-2-13-11(4-9)12(18)5-14(19-13)8-3-10(16)7-17-6-8/h1-4,6-7,12,14,18H,5H2/t12-,14?/m1/s1. The largest absolute Gasteiger partial charge is 0.485 e. The van der Waals surface area contributed by atoms with Gasteiger partial charge in [-0.15, -0.1) is 0 Å². The zero-order valence-corrected chi connectivity index (χ0v) is 13.1. The molecule has 0 aliphatic carbocycles. The van der Waals surface area contributed by atoms with Crippen molar-refractivity contribution in [3.63, 3.8) is 0 Å². The van der Waals surface area contributed by atoms with Gasteiger partial charge in [0.25, 0.3) is 0 Å². The van der Waals surface area contributed by atoms with E-state index in [9.17, 15) is 5.11 Å². The maximum absolute atomic E-state index is 10.3. The van der Waals surface area contributed by atoms with Gasteiger partial charge in [0.15, 0.2) is 0 Å². The molecule has 1 aromatic carbocycles. The van der Waals surface area contributed by atoms with Gasteiger partial charge in [0.2, 0.25) is 0 Å². The number of aliphatic hydroxyl groups is 1. The zero-order valence-electron chi connectivity index (χ0n) is 9.88. The highest BCUT2D eigenvalue weighted by Gasteiger charge is 2.28. The van der Waals surface area contributed by atoms with Crippen LogP contribution in [0.2, 0.25) is 0 Å². The molecule has 0 bridgehead atoms. The fourth-order valence-corrected chi connectivity index (χ4v) is 2.99. The first-order valence-corrected chi connectivity index (χ1v) is 7.46. The Balaban J connectivity index is 1.95. The van der Waals surface area contributed by atoms with E-state index >= 15 is 0 Å². The van der Waals surface area contributed by atoms with E-state index in [-0.39, 0.29) is 6.10 Å². The number of pyridine rings is 1. The zero-order chi connectivity index (χ0) is 13.4. The maximum atomic E-state index is 10.3. The molecule has 2 aromatic rings. The third-order valence-corrected chi connectivity index (χ3v) is 4.06. The summed E-state index contributed by atoms with van der Waals surface area (Å²) in [6.07, 6.45) is 3.33. The van der Waals surface area contributed by atoms with Crippen LogP contribution in [-0.4, -0.2) is 10.1 Å². The van der Waals surface area contributed by atoms with Crippen molar-refractivity contribution < 1.29 is 9.84 Å². The summed E-state index contributed by atoms with van der Waals surface area (Å²) in [5.74, 6) is 0.729. The average molecular weight is 385 g/mol. The van der Waals surface area contributed by atoms with E-state index in [2.05, 4.69) is 36.8 Å². The molecule has 0 amide bonds. The molecule has 1 N–H and O–H groups in total. The second-order valence-electron chi connectivity index (χ2n) is 4.48. The van der Waals surface area contributed by atoms with Crippen molar-refractivity contribution in [3.05, 3.63) is 56.7 Å². The van der Waals surface area contributed by atoms with Crippen LogP contribution in [0.5, 0.6) is 5.75 Å². The molecule has 3 rings (SSSR count). The van der Waals surface area contributed by atoms with Crippen LogP contribution < -0.4 is 4.74 Å². The highest BCUT2D eigenvalue weighted by atomic mass is 79.9. The van der Waals surface area contributed by atoms with Crippen LogP contribution in [0.4, 0.5) is 0 Å². The Morgan fingerprint density at radius 2 is 2.00 bits per heavy atom. The molecule has 2 atom stereocenters. The SMILES string of the molecule is O[C@@H]1CC(c2cncc(Br)c2)Oc2ccc(Br)cc21. The summed E-state index contributed by atoms with van der Waals surface area (Å²) in [4.78, 5) is 4.14. The Hall–Kier alpha value is -0.910. The molecule has 1 aromatic heterocycles. The van der Waals surface area contributed by atoms with E-state index < -0.39 is 6.10 Å². The van der Waals surface area contributed by atoms with Gasteiger partial charge < -0.3 is 9.84 Å². The lowest BCUT2D eigenvalue weighted by atomic mass is 9.96. The highest BCUT2D eigenvalue weighted by Crippen LogP contribution is 2.41. The van der Waals surface area contributed by atoms with Gasteiger partial charge in [-0.1, -0.05) is 15.9 Å². The summed E-state index contributed by atoms with van der Waals surface area (Å²) >= 11 is 6.80. The van der Waals surface area contributed by atoms with Crippen LogP contribution in [-0.2, 0) is 0 Å². The predicted octanol–water partition coefficient (Wildman–Crippen LogP) is 4.16. The van der Waals surface area contributed by atoms with E-state index in [0.717, 1.165) is 25.8 Å². The molecule has 5 heteroatoms. The number of ether oxygens (including phenoxy) is 1. The Morgan fingerprint density at radius 3 is 2.79 bits per heavy atom. The van der Waals surface area contributed by atoms with Crippen LogP contribution in [0.1, 0.15) is 29.8 Å². The molecule has 98 valence electrons. The monoisotopic (exact) mass is 383 g/mol. The summed E-state index contributed by atoms with van der Waals surface area (Å²) in [5.41, 5.74) is 1.79. The van der Waals surface area contributed by atoms with E-state index in [1.807, 2.05) is 24.3 Å². The van der Waals surface area contributed by atoms with Crippen molar-refractivity contribution in [2.75, 3.05) is 0 Å². The fraction of sp³-hybridized carbons (Fsp3) is 0.214. The lowest BCUT2D eigenvalue weighted by Gasteiger charge is -2.30. The number of hydrogen-bond acceptors (Lipinski definition) is 3. The number of fused-ring (bicyclic) bond motifs is 1. The van der Waals surface area contributed by atoms with Crippen molar-refractivity contribution in [1.29, 1.82) is 0 Å². The number of hydrogen-bond donors (Lipinski definition) is 1. The number of nitrogens with zero attached hydrogens (tertiary/aromatic N) is 1. The molecule has 0 saturated heterocycles. The first kappa shape index (κ1) is 13.1. The maximum Gasteiger partial charge on any atom is 0.128 e. The molecule has 1 aliphatic heterocycles. The summed E-state index contributed by atoms with van der Waals surface area (Å²) in [6.45, 7) is 0. The number of benzene rings is 1. The van der Waals surface area contributed by atoms with Crippen molar-refractivity contribution in [3.8, 4) is 5.75 Å². The van der Waals surface area contributed by atoms with Crippen LogP contribution in [0.3, 0.4) is 0 Å². The quantitative estimate of drug-likeness (QED) is 0.802. The van der Waals surface area contributed by atoms with Gasteiger partial charge >= 0.3 is 0 Å². The molecular weight excluding hydrogens is 374 g/mol. The highest BCUT2D eigenvalue weighted by molar-refractivity contribution is 9.10. The molecule has 2 heterocycles. The Morgan fingerprint density at radius 1 is 1.16 bits per heavy atom. The minimum absolute atomic E-state index is 0.173. The van der Waals surface area contributed by atoms with Crippen molar-refractivity contribution in [2.45, 2.75) is 18.6 Å². The minimum atomic E-state index is -0.523. The molecule has 1 aliphatic rings. The normalized spacial score (nSPS) is 21.6. The average Bonchev–Trinajstić information content (AvgIpc) is 2.39. The minimum Gasteiger partial charge on any atom is -0.485 e. The number of halogens is 2. The predicted molar refractivity (Wildman–Crippen MR) is 79.0 cm³/mol. The number of rotatable bonds is 1. The number of aromatic nitrogens is 1. The van der Waals surface area contributed by atoms with Gasteiger partial charge in [-0.3, -0.25) is 4.98 Å². The van der Waals surface area contributed by atoms with Crippen LogP contribution in [0, 0.1) is 0 Å². The molecule has 0 spiro atoms. The van der Waals surface area contributed by atoms with Crippen molar-refractivity contribution in [1.82, 2.24) is 4.98 Å². The van der Waals surface area contributed by atoms with Gasteiger partial charge in [-0.2, -0.15) is 0 Å². The molecule has 3 nitrogen and oxygen atoms in total. The van der Waals surface area contributed by atoms with Gasteiger partial charge in [0, 0.05) is 38.9 Å². The van der Waals surface area contributed by atoms with Crippen LogP contribution in [0.25, 0.3) is 0 Å². The van der Waals surface area contributed by atoms with Gasteiger partial charge in [-0.05, 0) is 40.2 Å². The molecular formula is C14H11Br2NO2. The number of aliphatic hydroxyl groups excluding tert-OH is 1.